The molecule has 1 aliphatic rings. The van der Waals surface area contributed by atoms with Gasteiger partial charge in [0.25, 0.3) is 0 Å². The highest BCUT2D eigenvalue weighted by molar-refractivity contribution is 7.89. The zero-order valence-corrected chi connectivity index (χ0v) is 16.3. The molecular weight excluding hydrogens is 368 g/mol. The van der Waals surface area contributed by atoms with E-state index in [9.17, 15) is 13.2 Å². The van der Waals surface area contributed by atoms with Gasteiger partial charge >= 0.3 is 0 Å². The number of carbonyl (C=O) groups excluding carboxylic acids is 1. The number of hydrogen-bond donors (Lipinski definition) is 2. The third-order valence-electron chi connectivity index (χ3n) is 4.69. The number of nitrogens with zero attached hydrogens (tertiary/aromatic N) is 2. The van der Waals surface area contributed by atoms with Crippen LogP contribution in [0.1, 0.15) is 35.9 Å². The third-order valence-corrected chi connectivity index (χ3v) is 6.09. The monoisotopic (exact) mass is 392 g/mol. The molecule has 0 saturated heterocycles. The number of rotatable bonds is 6. The molecule has 3 rings (SSSR count). The van der Waals surface area contributed by atoms with Crippen molar-refractivity contribution in [2.45, 2.75) is 50.7 Å². The lowest BCUT2D eigenvalue weighted by Crippen LogP contribution is -2.45. The summed E-state index contributed by atoms with van der Waals surface area (Å²) in [6.07, 6.45) is 1.19. The molecular formula is C18H24N4O4S. The summed E-state index contributed by atoms with van der Waals surface area (Å²) in [4.78, 5) is 14.2. The van der Waals surface area contributed by atoms with Crippen LogP contribution in [0.4, 0.5) is 0 Å². The van der Waals surface area contributed by atoms with E-state index in [0.29, 0.717) is 37.4 Å². The predicted molar refractivity (Wildman–Crippen MR) is 99.1 cm³/mol. The van der Waals surface area contributed by atoms with Crippen molar-refractivity contribution < 1.29 is 17.7 Å². The number of fused-ring (bicyclic) bond motifs is 1. The molecule has 0 spiro atoms. The van der Waals surface area contributed by atoms with Crippen LogP contribution in [0, 0.1) is 6.92 Å². The summed E-state index contributed by atoms with van der Waals surface area (Å²) in [7, 11) is -3.66. The van der Waals surface area contributed by atoms with E-state index >= 15 is 0 Å². The standard InChI is InChI=1S/C18H24N4O4S/c1-3-17(19)18(23)22-7-6-13-9-16(5-4-14(13)11-22)27(24,25)20-10-15-8-12(2)26-21-15/h4-5,8-9,17,20H,3,6-7,10-11,19H2,1-2H3/t17-/m0/s1. The highest BCUT2D eigenvalue weighted by Gasteiger charge is 2.25. The second kappa shape index (κ2) is 7.79. The SMILES string of the molecule is CC[C@H](N)C(=O)N1CCc2cc(S(=O)(=O)NCc3cc(C)on3)ccc2C1. The molecule has 0 bridgehead atoms. The molecule has 146 valence electrons. The molecule has 1 atom stereocenters. The summed E-state index contributed by atoms with van der Waals surface area (Å²) in [6.45, 7) is 4.68. The van der Waals surface area contributed by atoms with Gasteiger partial charge in [-0.1, -0.05) is 18.1 Å². The van der Waals surface area contributed by atoms with Gasteiger partial charge in [-0.05, 0) is 43.0 Å². The normalized spacial score (nSPS) is 15.4. The Kier molecular flexibility index (Phi) is 5.64. The van der Waals surface area contributed by atoms with E-state index in [1.165, 1.54) is 0 Å². The van der Waals surface area contributed by atoms with Gasteiger partial charge < -0.3 is 15.2 Å². The molecule has 1 aromatic carbocycles. The van der Waals surface area contributed by atoms with E-state index in [0.717, 1.165) is 11.1 Å². The van der Waals surface area contributed by atoms with Crippen molar-refractivity contribution in [2.75, 3.05) is 6.54 Å². The summed E-state index contributed by atoms with van der Waals surface area (Å²) in [5.74, 6) is 0.560. The molecule has 0 saturated carbocycles. The van der Waals surface area contributed by atoms with Crippen molar-refractivity contribution in [1.29, 1.82) is 0 Å². The number of aryl methyl sites for hydroxylation is 1. The number of nitrogens with one attached hydrogen (secondary N) is 1. The number of carbonyl (C=O) groups is 1. The maximum Gasteiger partial charge on any atom is 0.240 e. The number of hydrogen-bond acceptors (Lipinski definition) is 6. The molecule has 1 aromatic heterocycles. The van der Waals surface area contributed by atoms with Crippen LogP contribution in [0.5, 0.6) is 0 Å². The van der Waals surface area contributed by atoms with Crippen LogP contribution in [-0.2, 0) is 34.3 Å². The number of benzene rings is 1. The minimum absolute atomic E-state index is 0.0634. The molecule has 0 aliphatic carbocycles. The van der Waals surface area contributed by atoms with E-state index in [2.05, 4.69) is 9.88 Å². The Morgan fingerprint density at radius 1 is 1.37 bits per heavy atom. The topological polar surface area (TPSA) is 119 Å². The number of sulfonamides is 1. The van der Waals surface area contributed by atoms with Gasteiger partial charge in [0.1, 0.15) is 5.76 Å². The molecule has 0 fully saturated rings. The second-order valence-electron chi connectivity index (χ2n) is 6.71. The van der Waals surface area contributed by atoms with Crippen LogP contribution < -0.4 is 10.5 Å². The second-order valence-corrected chi connectivity index (χ2v) is 8.48. The Bertz CT molecular complexity index is 939. The zero-order valence-electron chi connectivity index (χ0n) is 15.4. The Morgan fingerprint density at radius 3 is 2.81 bits per heavy atom. The summed E-state index contributed by atoms with van der Waals surface area (Å²) >= 11 is 0. The van der Waals surface area contributed by atoms with Crippen LogP contribution >= 0.6 is 0 Å². The molecule has 1 amide bonds. The summed E-state index contributed by atoms with van der Waals surface area (Å²) in [5.41, 5.74) is 8.25. The fraction of sp³-hybridized carbons (Fsp3) is 0.444. The van der Waals surface area contributed by atoms with Crippen LogP contribution in [-0.4, -0.2) is 37.0 Å². The van der Waals surface area contributed by atoms with Crippen LogP contribution in [0.3, 0.4) is 0 Å². The molecule has 0 radical (unpaired) electrons. The van der Waals surface area contributed by atoms with Crippen LogP contribution in [0.15, 0.2) is 33.7 Å². The predicted octanol–water partition coefficient (Wildman–Crippen LogP) is 1.08. The van der Waals surface area contributed by atoms with E-state index in [1.807, 2.05) is 6.92 Å². The van der Waals surface area contributed by atoms with E-state index in [1.54, 1.807) is 36.1 Å². The molecule has 2 aromatic rings. The summed E-state index contributed by atoms with van der Waals surface area (Å²) < 4.78 is 32.6. The average molecular weight is 392 g/mol. The number of amides is 1. The molecule has 1 aliphatic heterocycles. The van der Waals surface area contributed by atoms with Gasteiger partial charge in [0, 0.05) is 19.2 Å². The maximum atomic E-state index is 12.5. The lowest BCUT2D eigenvalue weighted by atomic mass is 9.99. The van der Waals surface area contributed by atoms with Gasteiger partial charge in [-0.25, -0.2) is 13.1 Å². The molecule has 0 unspecified atom stereocenters. The minimum atomic E-state index is -3.66. The maximum absolute atomic E-state index is 12.5. The van der Waals surface area contributed by atoms with Gasteiger partial charge in [-0.2, -0.15) is 0 Å². The third kappa shape index (κ3) is 4.37. The first-order valence-corrected chi connectivity index (χ1v) is 10.4. The Balaban J connectivity index is 1.72. The Morgan fingerprint density at radius 2 is 2.15 bits per heavy atom. The van der Waals surface area contributed by atoms with Crippen molar-refractivity contribution in [1.82, 2.24) is 14.8 Å². The fourth-order valence-corrected chi connectivity index (χ4v) is 4.10. The first-order chi connectivity index (χ1) is 12.8. The quantitative estimate of drug-likeness (QED) is 0.759. The van der Waals surface area contributed by atoms with Crippen molar-refractivity contribution in [2.24, 2.45) is 5.73 Å². The van der Waals surface area contributed by atoms with E-state index in [4.69, 9.17) is 10.3 Å². The highest BCUT2D eigenvalue weighted by Crippen LogP contribution is 2.23. The average Bonchev–Trinajstić information content (AvgIpc) is 3.09. The van der Waals surface area contributed by atoms with Crippen LogP contribution in [0.2, 0.25) is 0 Å². The Hall–Kier alpha value is -2.23. The van der Waals surface area contributed by atoms with Crippen molar-refractivity contribution in [3.63, 3.8) is 0 Å². The van der Waals surface area contributed by atoms with Gasteiger partial charge in [-0.3, -0.25) is 4.79 Å². The molecule has 9 heteroatoms. The van der Waals surface area contributed by atoms with Crippen molar-refractivity contribution in [3.8, 4) is 0 Å². The first kappa shape index (κ1) is 19.5. The lowest BCUT2D eigenvalue weighted by molar-refractivity contribution is -0.133. The highest BCUT2D eigenvalue weighted by atomic mass is 32.2. The van der Waals surface area contributed by atoms with E-state index in [-0.39, 0.29) is 17.3 Å². The van der Waals surface area contributed by atoms with Gasteiger partial charge in [0.2, 0.25) is 15.9 Å². The summed E-state index contributed by atoms with van der Waals surface area (Å²) in [6, 6.07) is 6.19. The van der Waals surface area contributed by atoms with Gasteiger partial charge in [0.05, 0.1) is 23.2 Å². The number of aromatic nitrogens is 1. The Labute approximate surface area is 158 Å². The minimum Gasteiger partial charge on any atom is -0.361 e. The molecule has 3 N–H and O–H groups in total. The first-order valence-electron chi connectivity index (χ1n) is 8.88. The smallest absolute Gasteiger partial charge is 0.240 e. The largest absolute Gasteiger partial charge is 0.361 e. The van der Waals surface area contributed by atoms with E-state index < -0.39 is 16.1 Å². The summed E-state index contributed by atoms with van der Waals surface area (Å²) in [5, 5.41) is 3.78. The molecule has 8 nitrogen and oxygen atoms in total. The number of nitrogens with two attached hydrogens (primary N) is 1. The lowest BCUT2D eigenvalue weighted by Gasteiger charge is -2.31. The molecule has 27 heavy (non-hydrogen) atoms. The fourth-order valence-electron chi connectivity index (χ4n) is 3.05. The van der Waals surface area contributed by atoms with Crippen molar-refractivity contribution in [3.05, 3.63) is 46.8 Å². The van der Waals surface area contributed by atoms with Crippen molar-refractivity contribution >= 4 is 15.9 Å². The van der Waals surface area contributed by atoms with Gasteiger partial charge in [0.15, 0.2) is 0 Å². The van der Waals surface area contributed by atoms with Gasteiger partial charge in [-0.15, -0.1) is 0 Å². The van der Waals surface area contributed by atoms with Crippen LogP contribution in [0.25, 0.3) is 0 Å². The molecule has 2 heterocycles. The zero-order chi connectivity index (χ0) is 19.6.